The van der Waals surface area contributed by atoms with E-state index < -0.39 is 10.2 Å². The molecule has 1 aliphatic carbocycles. The topological polar surface area (TPSA) is 70.7 Å². The Morgan fingerprint density at radius 3 is 2.60 bits per heavy atom. The van der Waals surface area contributed by atoms with Crippen LogP contribution >= 0.6 is 0 Å². The Kier molecular flexibility index (Phi) is 7.98. The van der Waals surface area contributed by atoms with Gasteiger partial charge in [-0.3, -0.25) is 0 Å². The molecule has 0 aromatic carbocycles. The van der Waals surface area contributed by atoms with Crippen LogP contribution < -0.4 is 10.0 Å². The maximum Gasteiger partial charge on any atom is 0.279 e. The number of hydrogen-bond donors (Lipinski definition) is 2. The molecule has 0 atom stereocenters. The second-order valence-electron chi connectivity index (χ2n) is 5.70. The molecule has 1 aliphatic rings. The van der Waals surface area contributed by atoms with Crippen molar-refractivity contribution in [2.45, 2.75) is 39.2 Å². The van der Waals surface area contributed by atoms with Crippen LogP contribution in [0.1, 0.15) is 33.1 Å². The van der Waals surface area contributed by atoms with E-state index in [0.717, 1.165) is 19.6 Å². The van der Waals surface area contributed by atoms with Crippen molar-refractivity contribution in [2.75, 3.05) is 39.9 Å². The van der Waals surface area contributed by atoms with Crippen molar-refractivity contribution in [3.63, 3.8) is 0 Å². The first-order chi connectivity index (χ1) is 9.42. The van der Waals surface area contributed by atoms with Crippen molar-refractivity contribution in [1.29, 1.82) is 0 Å². The van der Waals surface area contributed by atoms with Crippen molar-refractivity contribution in [3.05, 3.63) is 0 Å². The molecule has 7 heteroatoms. The summed E-state index contributed by atoms with van der Waals surface area (Å²) < 4.78 is 33.1. The SMILES string of the molecule is CC(C)NCCCN(C)S(=O)(=O)NCCOCC1CC1. The zero-order valence-electron chi connectivity index (χ0n) is 12.9. The predicted octanol–water partition coefficient (Wildman–Crippen LogP) is 0.567. The van der Waals surface area contributed by atoms with Crippen LogP contribution in [-0.4, -0.2) is 58.7 Å². The van der Waals surface area contributed by atoms with Crippen LogP contribution in [0.3, 0.4) is 0 Å². The van der Waals surface area contributed by atoms with Gasteiger partial charge in [0.05, 0.1) is 6.61 Å². The largest absolute Gasteiger partial charge is 0.380 e. The van der Waals surface area contributed by atoms with E-state index in [-0.39, 0.29) is 0 Å². The van der Waals surface area contributed by atoms with E-state index in [1.807, 2.05) is 0 Å². The molecular weight excluding hydrogens is 278 g/mol. The van der Waals surface area contributed by atoms with Crippen LogP contribution in [0.25, 0.3) is 0 Å². The predicted molar refractivity (Wildman–Crippen MR) is 80.9 cm³/mol. The summed E-state index contributed by atoms with van der Waals surface area (Å²) in [5, 5.41) is 3.27. The lowest BCUT2D eigenvalue weighted by Gasteiger charge is -2.18. The molecule has 1 fully saturated rings. The minimum absolute atomic E-state index is 0.337. The molecule has 0 aliphatic heterocycles. The number of nitrogens with zero attached hydrogens (tertiary/aromatic N) is 1. The van der Waals surface area contributed by atoms with Crippen LogP contribution in [0.15, 0.2) is 0 Å². The van der Waals surface area contributed by atoms with E-state index in [2.05, 4.69) is 23.9 Å². The molecule has 0 amide bonds. The summed E-state index contributed by atoms with van der Waals surface area (Å²) in [6.45, 7) is 7.02. The molecule has 0 bridgehead atoms. The van der Waals surface area contributed by atoms with Crippen molar-refractivity contribution in [1.82, 2.24) is 14.3 Å². The van der Waals surface area contributed by atoms with E-state index in [0.29, 0.717) is 31.7 Å². The van der Waals surface area contributed by atoms with E-state index in [4.69, 9.17) is 4.74 Å². The number of ether oxygens (including phenoxy) is 1. The smallest absolute Gasteiger partial charge is 0.279 e. The quantitative estimate of drug-likeness (QED) is 0.517. The molecule has 0 heterocycles. The molecule has 0 spiro atoms. The molecule has 120 valence electrons. The lowest BCUT2D eigenvalue weighted by atomic mass is 10.3. The summed E-state index contributed by atoms with van der Waals surface area (Å²) in [4.78, 5) is 0. The fraction of sp³-hybridized carbons (Fsp3) is 1.00. The number of hydrogen-bond acceptors (Lipinski definition) is 4. The minimum atomic E-state index is -3.37. The van der Waals surface area contributed by atoms with E-state index in [1.54, 1.807) is 7.05 Å². The summed E-state index contributed by atoms with van der Waals surface area (Å²) in [5.41, 5.74) is 0. The normalized spacial score (nSPS) is 16.2. The third-order valence-corrected chi connectivity index (χ3v) is 4.77. The van der Waals surface area contributed by atoms with Gasteiger partial charge in [0.1, 0.15) is 0 Å². The second-order valence-corrected chi connectivity index (χ2v) is 7.56. The lowest BCUT2D eigenvalue weighted by Crippen LogP contribution is -2.41. The first kappa shape index (κ1) is 17.8. The molecule has 6 nitrogen and oxygen atoms in total. The summed E-state index contributed by atoms with van der Waals surface area (Å²) >= 11 is 0. The highest BCUT2D eigenvalue weighted by Crippen LogP contribution is 2.28. The van der Waals surface area contributed by atoms with Crippen molar-refractivity contribution in [2.24, 2.45) is 5.92 Å². The van der Waals surface area contributed by atoms with Crippen LogP contribution in [0.2, 0.25) is 0 Å². The van der Waals surface area contributed by atoms with Gasteiger partial charge in [-0.2, -0.15) is 17.4 Å². The highest BCUT2D eigenvalue weighted by atomic mass is 32.2. The monoisotopic (exact) mass is 307 g/mol. The third-order valence-electron chi connectivity index (χ3n) is 3.19. The molecular formula is C13H29N3O3S. The summed E-state index contributed by atoms with van der Waals surface area (Å²) in [5.74, 6) is 0.711. The molecule has 0 saturated heterocycles. The Bertz CT molecular complexity index is 356. The van der Waals surface area contributed by atoms with Gasteiger partial charge in [-0.1, -0.05) is 13.8 Å². The molecule has 2 N–H and O–H groups in total. The molecule has 1 saturated carbocycles. The lowest BCUT2D eigenvalue weighted by molar-refractivity contribution is 0.129. The Labute approximate surface area is 123 Å². The number of nitrogens with one attached hydrogen (secondary N) is 2. The first-order valence-electron chi connectivity index (χ1n) is 7.44. The van der Waals surface area contributed by atoms with Crippen molar-refractivity contribution in [3.8, 4) is 0 Å². The minimum Gasteiger partial charge on any atom is -0.380 e. The van der Waals surface area contributed by atoms with E-state index >= 15 is 0 Å². The maximum atomic E-state index is 11.9. The maximum absolute atomic E-state index is 11.9. The highest BCUT2D eigenvalue weighted by molar-refractivity contribution is 7.87. The van der Waals surface area contributed by atoms with E-state index in [1.165, 1.54) is 17.1 Å². The third kappa shape index (κ3) is 8.16. The van der Waals surface area contributed by atoms with Crippen molar-refractivity contribution >= 4 is 10.2 Å². The summed E-state index contributed by atoms with van der Waals surface area (Å²) in [6.07, 6.45) is 3.30. The standard InChI is InChI=1S/C13H29N3O3S/c1-12(2)14-7-4-9-16(3)20(17,18)15-8-10-19-11-13-5-6-13/h12-15H,4-11H2,1-3H3. The van der Waals surface area contributed by atoms with Gasteiger partial charge in [0.2, 0.25) is 0 Å². The van der Waals surface area contributed by atoms with Crippen LogP contribution in [-0.2, 0) is 14.9 Å². The van der Waals surface area contributed by atoms with Gasteiger partial charge in [0.25, 0.3) is 10.2 Å². The fourth-order valence-corrected chi connectivity index (χ4v) is 2.63. The van der Waals surface area contributed by atoms with Gasteiger partial charge in [-0.05, 0) is 31.7 Å². The molecule has 0 aromatic rings. The van der Waals surface area contributed by atoms with Gasteiger partial charge in [-0.15, -0.1) is 0 Å². The van der Waals surface area contributed by atoms with Gasteiger partial charge in [0, 0.05) is 32.8 Å². The zero-order chi connectivity index (χ0) is 15.0. The van der Waals surface area contributed by atoms with Gasteiger partial charge < -0.3 is 10.1 Å². The summed E-state index contributed by atoms with van der Waals surface area (Å²) in [6, 6.07) is 0.429. The van der Waals surface area contributed by atoms with Crippen LogP contribution in [0.5, 0.6) is 0 Å². The summed E-state index contributed by atoms with van der Waals surface area (Å²) in [7, 11) is -1.77. The highest BCUT2D eigenvalue weighted by Gasteiger charge is 2.21. The molecule has 0 unspecified atom stereocenters. The Morgan fingerprint density at radius 1 is 1.30 bits per heavy atom. The zero-order valence-corrected chi connectivity index (χ0v) is 13.7. The Morgan fingerprint density at radius 2 is 2.00 bits per heavy atom. The van der Waals surface area contributed by atoms with Crippen LogP contribution in [0.4, 0.5) is 0 Å². The first-order valence-corrected chi connectivity index (χ1v) is 8.88. The van der Waals surface area contributed by atoms with Gasteiger partial charge in [-0.25, -0.2) is 0 Å². The molecule has 0 aromatic heterocycles. The van der Waals surface area contributed by atoms with Crippen molar-refractivity contribution < 1.29 is 13.2 Å². The Balaban J connectivity index is 2.07. The van der Waals surface area contributed by atoms with Gasteiger partial charge >= 0.3 is 0 Å². The average molecular weight is 307 g/mol. The Hall–Kier alpha value is -0.210. The average Bonchev–Trinajstić information content (AvgIpc) is 3.17. The van der Waals surface area contributed by atoms with Crippen LogP contribution in [0, 0.1) is 5.92 Å². The second kappa shape index (κ2) is 8.94. The van der Waals surface area contributed by atoms with Gasteiger partial charge in [0.15, 0.2) is 0 Å². The molecule has 20 heavy (non-hydrogen) atoms. The molecule has 0 radical (unpaired) electrons. The fourth-order valence-electron chi connectivity index (χ4n) is 1.70. The molecule has 1 rings (SSSR count). The number of rotatable bonds is 12. The van der Waals surface area contributed by atoms with E-state index in [9.17, 15) is 8.42 Å².